The largest absolute Gasteiger partial charge is 0.395 e. The first-order chi connectivity index (χ1) is 9.78. The molecule has 2 N–H and O–H groups in total. The van der Waals surface area contributed by atoms with Crippen LogP contribution in [0.4, 0.5) is 0 Å². The van der Waals surface area contributed by atoms with Crippen LogP contribution >= 0.6 is 0 Å². The van der Waals surface area contributed by atoms with Gasteiger partial charge in [-0.15, -0.1) is 0 Å². The second-order valence-electron chi connectivity index (χ2n) is 4.96. The molecule has 0 unspecified atom stereocenters. The molecule has 2 aromatic rings. The van der Waals surface area contributed by atoms with Crippen molar-refractivity contribution in [2.45, 2.75) is 0 Å². The van der Waals surface area contributed by atoms with Gasteiger partial charge in [0.15, 0.2) is 5.82 Å². The van der Waals surface area contributed by atoms with Crippen molar-refractivity contribution >= 4 is 16.9 Å². The fraction of sp³-hybridized carbons (Fsp3) is 0.429. The van der Waals surface area contributed by atoms with Crippen molar-refractivity contribution in [3.8, 4) is 0 Å². The molecule has 2 heterocycles. The SMILES string of the molecule is O=C(c1nc2ccccc2[nH]1)N1CCN(CCO)CC1. The molecule has 106 valence electrons. The first-order valence-corrected chi connectivity index (χ1v) is 6.85. The summed E-state index contributed by atoms with van der Waals surface area (Å²) in [7, 11) is 0. The lowest BCUT2D eigenvalue weighted by atomic mass is 10.3. The number of hydrogen-bond donors (Lipinski definition) is 2. The third-order valence-corrected chi connectivity index (χ3v) is 3.67. The maximum atomic E-state index is 12.4. The average molecular weight is 274 g/mol. The van der Waals surface area contributed by atoms with Crippen molar-refractivity contribution in [1.29, 1.82) is 0 Å². The third-order valence-electron chi connectivity index (χ3n) is 3.67. The zero-order valence-electron chi connectivity index (χ0n) is 11.2. The summed E-state index contributed by atoms with van der Waals surface area (Å²) in [6.07, 6.45) is 0. The third kappa shape index (κ3) is 2.52. The molecular weight excluding hydrogens is 256 g/mol. The summed E-state index contributed by atoms with van der Waals surface area (Å²) in [5.74, 6) is 0.353. The standard InChI is InChI=1S/C14H18N4O2/c19-10-9-17-5-7-18(8-6-17)14(20)13-15-11-3-1-2-4-12(11)16-13/h1-4,19H,5-10H2,(H,15,16). The predicted octanol–water partition coefficient (Wildman–Crippen LogP) is 0.313. The van der Waals surface area contributed by atoms with Crippen molar-refractivity contribution in [2.75, 3.05) is 39.3 Å². The molecular formula is C14H18N4O2. The van der Waals surface area contributed by atoms with E-state index in [9.17, 15) is 4.79 Å². The Morgan fingerprint density at radius 2 is 2.00 bits per heavy atom. The maximum Gasteiger partial charge on any atom is 0.289 e. The molecule has 1 saturated heterocycles. The predicted molar refractivity (Wildman–Crippen MR) is 75.5 cm³/mol. The number of aromatic nitrogens is 2. The Kier molecular flexibility index (Phi) is 3.66. The number of aliphatic hydroxyl groups is 1. The first-order valence-electron chi connectivity index (χ1n) is 6.85. The van der Waals surface area contributed by atoms with Crippen LogP contribution in [0, 0.1) is 0 Å². The van der Waals surface area contributed by atoms with Crippen LogP contribution in [0.25, 0.3) is 11.0 Å². The molecule has 1 aliphatic heterocycles. The second-order valence-corrected chi connectivity index (χ2v) is 4.96. The van der Waals surface area contributed by atoms with Crippen molar-refractivity contribution < 1.29 is 9.90 Å². The number of aliphatic hydroxyl groups excluding tert-OH is 1. The van der Waals surface area contributed by atoms with Gasteiger partial charge >= 0.3 is 0 Å². The zero-order chi connectivity index (χ0) is 13.9. The van der Waals surface area contributed by atoms with E-state index in [2.05, 4.69) is 14.9 Å². The van der Waals surface area contributed by atoms with Gasteiger partial charge in [0.25, 0.3) is 5.91 Å². The van der Waals surface area contributed by atoms with Gasteiger partial charge in [-0.25, -0.2) is 4.98 Å². The van der Waals surface area contributed by atoms with Gasteiger partial charge < -0.3 is 15.0 Å². The fourth-order valence-electron chi connectivity index (χ4n) is 2.52. The van der Waals surface area contributed by atoms with E-state index in [1.165, 1.54) is 0 Å². The molecule has 0 spiro atoms. The van der Waals surface area contributed by atoms with Crippen LogP contribution in [0.15, 0.2) is 24.3 Å². The number of amides is 1. The van der Waals surface area contributed by atoms with E-state index in [1.54, 1.807) is 0 Å². The van der Waals surface area contributed by atoms with E-state index in [4.69, 9.17) is 5.11 Å². The Bertz CT molecular complexity index is 569. The van der Waals surface area contributed by atoms with Crippen molar-refractivity contribution in [2.24, 2.45) is 0 Å². The molecule has 0 aliphatic carbocycles. The van der Waals surface area contributed by atoms with Crippen LogP contribution in [-0.4, -0.2) is 70.1 Å². The van der Waals surface area contributed by atoms with Crippen LogP contribution in [0.3, 0.4) is 0 Å². The Morgan fingerprint density at radius 1 is 1.25 bits per heavy atom. The smallest absolute Gasteiger partial charge is 0.289 e. The molecule has 20 heavy (non-hydrogen) atoms. The maximum absolute atomic E-state index is 12.4. The number of β-amino-alcohol motifs (C(OH)–C–C–N with tert-alkyl or cyclic N) is 1. The van der Waals surface area contributed by atoms with Crippen LogP contribution in [0.5, 0.6) is 0 Å². The summed E-state index contributed by atoms with van der Waals surface area (Å²) in [5, 5.41) is 8.92. The first kappa shape index (κ1) is 13.1. The molecule has 0 bridgehead atoms. The van der Waals surface area contributed by atoms with E-state index in [0.717, 1.165) is 24.1 Å². The van der Waals surface area contributed by atoms with E-state index < -0.39 is 0 Å². The average Bonchev–Trinajstić information content (AvgIpc) is 2.91. The topological polar surface area (TPSA) is 72.5 Å². The molecule has 6 nitrogen and oxygen atoms in total. The van der Waals surface area contributed by atoms with Crippen molar-refractivity contribution in [1.82, 2.24) is 19.8 Å². The quantitative estimate of drug-likeness (QED) is 0.845. The lowest BCUT2D eigenvalue weighted by molar-refractivity contribution is 0.0605. The minimum atomic E-state index is -0.0511. The number of para-hydroxylation sites is 2. The molecule has 1 amide bonds. The number of benzene rings is 1. The normalized spacial score (nSPS) is 16.8. The Morgan fingerprint density at radius 3 is 2.70 bits per heavy atom. The fourth-order valence-corrected chi connectivity index (χ4v) is 2.52. The molecule has 0 atom stereocenters. The second kappa shape index (κ2) is 5.60. The number of rotatable bonds is 3. The number of fused-ring (bicyclic) bond motifs is 1. The van der Waals surface area contributed by atoms with Gasteiger partial charge in [0.1, 0.15) is 0 Å². The summed E-state index contributed by atoms with van der Waals surface area (Å²) in [4.78, 5) is 23.8. The lowest BCUT2D eigenvalue weighted by Crippen LogP contribution is -2.49. The highest BCUT2D eigenvalue weighted by Crippen LogP contribution is 2.13. The number of piperazine rings is 1. The summed E-state index contributed by atoms with van der Waals surface area (Å²) >= 11 is 0. The Balaban J connectivity index is 1.70. The summed E-state index contributed by atoms with van der Waals surface area (Å²) in [6.45, 7) is 3.79. The molecule has 1 aromatic carbocycles. The number of imidazole rings is 1. The van der Waals surface area contributed by atoms with Gasteiger partial charge in [-0.2, -0.15) is 0 Å². The highest BCUT2D eigenvalue weighted by molar-refractivity contribution is 5.94. The van der Waals surface area contributed by atoms with Gasteiger partial charge in [-0.1, -0.05) is 12.1 Å². The zero-order valence-corrected chi connectivity index (χ0v) is 11.2. The van der Waals surface area contributed by atoms with Gasteiger partial charge in [0.05, 0.1) is 17.6 Å². The monoisotopic (exact) mass is 274 g/mol. The summed E-state index contributed by atoms with van der Waals surface area (Å²) in [6, 6.07) is 7.63. The van der Waals surface area contributed by atoms with Crippen LogP contribution in [0.1, 0.15) is 10.6 Å². The number of carbonyl (C=O) groups is 1. The van der Waals surface area contributed by atoms with Gasteiger partial charge in [0.2, 0.25) is 0 Å². The van der Waals surface area contributed by atoms with E-state index in [0.29, 0.717) is 25.5 Å². The number of H-pyrrole nitrogens is 1. The number of aromatic amines is 1. The molecule has 3 rings (SSSR count). The molecule has 0 radical (unpaired) electrons. The van der Waals surface area contributed by atoms with E-state index >= 15 is 0 Å². The molecule has 0 saturated carbocycles. The number of hydrogen-bond acceptors (Lipinski definition) is 4. The van der Waals surface area contributed by atoms with Gasteiger partial charge in [-0.05, 0) is 12.1 Å². The number of nitrogens with one attached hydrogen (secondary N) is 1. The molecule has 1 fully saturated rings. The highest BCUT2D eigenvalue weighted by atomic mass is 16.3. The summed E-state index contributed by atoms with van der Waals surface area (Å²) in [5.41, 5.74) is 1.70. The number of carbonyl (C=O) groups excluding carboxylic acids is 1. The highest BCUT2D eigenvalue weighted by Gasteiger charge is 2.23. The minimum absolute atomic E-state index is 0.0511. The lowest BCUT2D eigenvalue weighted by Gasteiger charge is -2.33. The number of nitrogens with zero attached hydrogens (tertiary/aromatic N) is 3. The van der Waals surface area contributed by atoms with Gasteiger partial charge in [0, 0.05) is 32.7 Å². The van der Waals surface area contributed by atoms with Crippen molar-refractivity contribution in [3.05, 3.63) is 30.1 Å². The Labute approximate surface area is 117 Å². The summed E-state index contributed by atoms with van der Waals surface area (Å²) < 4.78 is 0. The van der Waals surface area contributed by atoms with Crippen LogP contribution in [0.2, 0.25) is 0 Å². The van der Waals surface area contributed by atoms with Crippen LogP contribution < -0.4 is 0 Å². The van der Waals surface area contributed by atoms with E-state index in [1.807, 2.05) is 29.2 Å². The van der Waals surface area contributed by atoms with Gasteiger partial charge in [-0.3, -0.25) is 9.69 Å². The van der Waals surface area contributed by atoms with E-state index in [-0.39, 0.29) is 12.5 Å². The molecule has 6 heteroatoms. The molecule has 1 aliphatic rings. The Hall–Kier alpha value is -1.92. The minimum Gasteiger partial charge on any atom is -0.395 e. The molecule has 1 aromatic heterocycles. The van der Waals surface area contributed by atoms with Crippen LogP contribution in [-0.2, 0) is 0 Å². The van der Waals surface area contributed by atoms with Crippen molar-refractivity contribution in [3.63, 3.8) is 0 Å².